The maximum Gasteiger partial charge on any atom is 0.339 e. The lowest BCUT2D eigenvalue weighted by atomic mass is 10.1. The highest BCUT2D eigenvalue weighted by Crippen LogP contribution is 2.12. The van der Waals surface area contributed by atoms with E-state index < -0.39 is 5.97 Å². The molecule has 0 aliphatic heterocycles. The minimum atomic E-state index is -0.949. The summed E-state index contributed by atoms with van der Waals surface area (Å²) in [5.41, 5.74) is 0.223. The van der Waals surface area contributed by atoms with Crippen LogP contribution in [0.25, 0.3) is 0 Å². The van der Waals surface area contributed by atoms with Gasteiger partial charge in [0.1, 0.15) is 11.4 Å². The topological polar surface area (TPSA) is 62.2 Å². The number of nitrogens with zero attached hydrogens (tertiary/aromatic N) is 1. The summed E-state index contributed by atoms with van der Waals surface area (Å²) in [4.78, 5) is 14.9. The zero-order valence-electron chi connectivity index (χ0n) is 9.03. The van der Waals surface area contributed by atoms with E-state index in [9.17, 15) is 4.79 Å². The normalized spacial score (nSPS) is 12.1. The molecule has 1 atom stereocenters. The van der Waals surface area contributed by atoms with Crippen LogP contribution in [0.2, 0.25) is 0 Å². The third kappa shape index (κ3) is 3.23. The van der Waals surface area contributed by atoms with Gasteiger partial charge in [0.25, 0.3) is 0 Å². The number of aromatic carboxylic acids is 1. The highest BCUT2D eigenvalue weighted by molar-refractivity contribution is 5.92. The van der Waals surface area contributed by atoms with Crippen molar-refractivity contribution in [2.45, 2.75) is 20.3 Å². The maximum absolute atomic E-state index is 10.9. The van der Waals surface area contributed by atoms with Gasteiger partial charge in [0.2, 0.25) is 0 Å². The van der Waals surface area contributed by atoms with E-state index in [-0.39, 0.29) is 5.56 Å². The van der Waals surface area contributed by atoms with Gasteiger partial charge >= 0.3 is 5.97 Å². The summed E-state index contributed by atoms with van der Waals surface area (Å²) in [7, 11) is 0. The third-order valence-electron chi connectivity index (χ3n) is 2.35. The van der Waals surface area contributed by atoms with Gasteiger partial charge < -0.3 is 10.4 Å². The highest BCUT2D eigenvalue weighted by Gasteiger charge is 2.10. The van der Waals surface area contributed by atoms with Gasteiger partial charge in [-0.25, -0.2) is 9.78 Å². The van der Waals surface area contributed by atoms with Crippen LogP contribution in [0.5, 0.6) is 0 Å². The molecule has 0 aromatic carbocycles. The number of hydrogen-bond donors (Lipinski definition) is 2. The first-order chi connectivity index (χ1) is 7.15. The average molecular weight is 208 g/mol. The van der Waals surface area contributed by atoms with Crippen LogP contribution in [0.4, 0.5) is 5.82 Å². The van der Waals surface area contributed by atoms with E-state index in [2.05, 4.69) is 24.1 Å². The molecule has 2 N–H and O–H groups in total. The minimum Gasteiger partial charge on any atom is -0.478 e. The summed E-state index contributed by atoms with van der Waals surface area (Å²) >= 11 is 0. The van der Waals surface area contributed by atoms with Crippen LogP contribution in [0, 0.1) is 5.92 Å². The molecule has 0 saturated heterocycles. The van der Waals surface area contributed by atoms with Crippen LogP contribution in [0.3, 0.4) is 0 Å². The number of pyridine rings is 1. The van der Waals surface area contributed by atoms with Gasteiger partial charge in [0.05, 0.1) is 0 Å². The molecule has 0 fully saturated rings. The van der Waals surface area contributed by atoms with Crippen LogP contribution in [-0.2, 0) is 0 Å². The summed E-state index contributed by atoms with van der Waals surface area (Å²) in [6.07, 6.45) is 2.65. The van der Waals surface area contributed by atoms with Gasteiger partial charge in [-0.3, -0.25) is 0 Å². The smallest absolute Gasteiger partial charge is 0.339 e. The summed E-state index contributed by atoms with van der Waals surface area (Å²) in [6.45, 7) is 4.95. The first-order valence-corrected chi connectivity index (χ1v) is 5.07. The molecular weight excluding hydrogens is 192 g/mol. The Morgan fingerprint density at radius 2 is 2.40 bits per heavy atom. The van der Waals surface area contributed by atoms with Crippen LogP contribution in [0.15, 0.2) is 18.3 Å². The number of anilines is 1. The second-order valence-electron chi connectivity index (χ2n) is 3.60. The Bertz CT molecular complexity index is 339. The largest absolute Gasteiger partial charge is 0.478 e. The van der Waals surface area contributed by atoms with Crippen molar-refractivity contribution in [3.8, 4) is 0 Å². The zero-order chi connectivity index (χ0) is 11.3. The number of nitrogens with one attached hydrogen (secondary N) is 1. The first kappa shape index (κ1) is 11.5. The molecule has 4 nitrogen and oxygen atoms in total. The Morgan fingerprint density at radius 1 is 1.67 bits per heavy atom. The number of hydrogen-bond acceptors (Lipinski definition) is 3. The lowest BCUT2D eigenvalue weighted by molar-refractivity contribution is 0.0697. The van der Waals surface area contributed by atoms with Gasteiger partial charge in [-0.05, 0) is 18.1 Å². The average Bonchev–Trinajstić information content (AvgIpc) is 2.26. The molecule has 0 aliphatic rings. The molecule has 1 aromatic rings. The molecule has 0 saturated carbocycles. The number of carboxylic acids is 1. The minimum absolute atomic E-state index is 0.223. The van der Waals surface area contributed by atoms with E-state index in [1.54, 1.807) is 18.3 Å². The molecule has 0 bridgehead atoms. The number of carboxylic acid groups (broad SMARTS) is 1. The lowest BCUT2D eigenvalue weighted by Gasteiger charge is -2.11. The third-order valence-corrected chi connectivity index (χ3v) is 2.35. The van der Waals surface area contributed by atoms with Crippen molar-refractivity contribution < 1.29 is 9.90 Å². The van der Waals surface area contributed by atoms with Crippen LogP contribution in [-0.4, -0.2) is 22.6 Å². The van der Waals surface area contributed by atoms with Gasteiger partial charge in [-0.2, -0.15) is 0 Å². The molecule has 0 radical (unpaired) electrons. The van der Waals surface area contributed by atoms with Crippen LogP contribution < -0.4 is 5.32 Å². The number of rotatable bonds is 5. The van der Waals surface area contributed by atoms with Crippen molar-refractivity contribution in [3.05, 3.63) is 23.9 Å². The fourth-order valence-electron chi connectivity index (χ4n) is 1.13. The Labute approximate surface area is 89.3 Å². The lowest BCUT2D eigenvalue weighted by Crippen LogP contribution is -2.14. The summed E-state index contributed by atoms with van der Waals surface area (Å²) < 4.78 is 0. The number of carbonyl (C=O) groups is 1. The maximum atomic E-state index is 10.9. The van der Waals surface area contributed by atoms with E-state index in [0.717, 1.165) is 13.0 Å². The molecule has 0 amide bonds. The van der Waals surface area contributed by atoms with Crippen molar-refractivity contribution in [2.75, 3.05) is 11.9 Å². The SMILES string of the molecule is CCC(C)CNc1ncccc1C(=O)O. The second kappa shape index (κ2) is 5.34. The van der Waals surface area contributed by atoms with E-state index in [1.807, 2.05) is 0 Å². The van der Waals surface area contributed by atoms with Gasteiger partial charge in [-0.15, -0.1) is 0 Å². The monoisotopic (exact) mass is 208 g/mol. The Hall–Kier alpha value is -1.58. The highest BCUT2D eigenvalue weighted by atomic mass is 16.4. The first-order valence-electron chi connectivity index (χ1n) is 5.07. The van der Waals surface area contributed by atoms with Crippen molar-refractivity contribution in [1.29, 1.82) is 0 Å². The van der Waals surface area contributed by atoms with E-state index in [4.69, 9.17) is 5.11 Å². The fraction of sp³-hybridized carbons (Fsp3) is 0.455. The molecule has 15 heavy (non-hydrogen) atoms. The molecule has 1 aromatic heterocycles. The quantitative estimate of drug-likeness (QED) is 0.779. The summed E-state index contributed by atoms with van der Waals surface area (Å²) in [5.74, 6) is 0.00806. The predicted molar refractivity (Wildman–Crippen MR) is 59.1 cm³/mol. The van der Waals surface area contributed by atoms with Crippen LogP contribution in [0.1, 0.15) is 30.6 Å². The molecule has 0 spiro atoms. The van der Waals surface area contributed by atoms with Crippen molar-refractivity contribution in [2.24, 2.45) is 5.92 Å². The zero-order valence-corrected chi connectivity index (χ0v) is 9.03. The summed E-state index contributed by atoms with van der Waals surface area (Å²) in [6, 6.07) is 3.17. The van der Waals surface area contributed by atoms with E-state index in [0.29, 0.717) is 11.7 Å². The molecule has 0 aliphatic carbocycles. The standard InChI is InChI=1S/C11H16N2O2/c1-3-8(2)7-13-10-9(11(14)15)5-4-6-12-10/h4-6,8H,3,7H2,1-2H3,(H,12,13)(H,14,15). The molecule has 1 unspecified atom stereocenters. The van der Waals surface area contributed by atoms with E-state index >= 15 is 0 Å². The van der Waals surface area contributed by atoms with Crippen molar-refractivity contribution >= 4 is 11.8 Å². The Kier molecular flexibility index (Phi) is 4.09. The molecule has 82 valence electrons. The van der Waals surface area contributed by atoms with Gasteiger partial charge in [-0.1, -0.05) is 20.3 Å². The van der Waals surface area contributed by atoms with E-state index in [1.165, 1.54) is 0 Å². The van der Waals surface area contributed by atoms with Crippen molar-refractivity contribution in [1.82, 2.24) is 4.98 Å². The second-order valence-corrected chi connectivity index (χ2v) is 3.60. The molecule has 1 rings (SSSR count). The number of aromatic nitrogens is 1. The van der Waals surface area contributed by atoms with Gasteiger partial charge in [0.15, 0.2) is 0 Å². The molecular formula is C11H16N2O2. The Balaban J connectivity index is 2.72. The fourth-order valence-corrected chi connectivity index (χ4v) is 1.13. The Morgan fingerprint density at radius 3 is 3.00 bits per heavy atom. The predicted octanol–water partition coefficient (Wildman–Crippen LogP) is 2.24. The molecule has 4 heteroatoms. The van der Waals surface area contributed by atoms with Crippen LogP contribution >= 0.6 is 0 Å². The summed E-state index contributed by atoms with van der Waals surface area (Å²) in [5, 5.41) is 12.0. The van der Waals surface area contributed by atoms with Gasteiger partial charge in [0, 0.05) is 12.7 Å². The molecule has 1 heterocycles. The van der Waals surface area contributed by atoms with Crippen molar-refractivity contribution in [3.63, 3.8) is 0 Å².